The molecule has 172 valence electrons. The maximum atomic E-state index is 14.2. The monoisotopic (exact) mass is 488 g/mol. The highest BCUT2D eigenvalue weighted by Crippen LogP contribution is 2.51. The van der Waals surface area contributed by atoms with Gasteiger partial charge in [-0.2, -0.15) is 0 Å². The smallest absolute Gasteiger partial charge is 0.293 e. The van der Waals surface area contributed by atoms with E-state index in [0.29, 0.717) is 39.4 Å². The van der Waals surface area contributed by atoms with Crippen molar-refractivity contribution >= 4 is 37.9 Å². The van der Waals surface area contributed by atoms with Crippen molar-refractivity contribution in [1.82, 2.24) is 4.98 Å². The molecule has 33 heavy (non-hydrogen) atoms. The number of nitrogens with one attached hydrogen (secondary N) is 1. The van der Waals surface area contributed by atoms with Crippen LogP contribution in [0.4, 0.5) is 24.4 Å². The Hall–Kier alpha value is -2.85. The second-order valence-electron chi connectivity index (χ2n) is 8.84. The van der Waals surface area contributed by atoms with E-state index in [0.717, 1.165) is 42.4 Å². The Labute approximate surface area is 194 Å². The van der Waals surface area contributed by atoms with Gasteiger partial charge in [0, 0.05) is 36.0 Å². The number of thiazole rings is 1. The van der Waals surface area contributed by atoms with Crippen molar-refractivity contribution in [3.8, 4) is 11.1 Å². The molecule has 1 spiro atoms. The van der Waals surface area contributed by atoms with Crippen LogP contribution in [0.25, 0.3) is 11.1 Å². The third kappa shape index (κ3) is 4.02. The Morgan fingerprint density at radius 3 is 2.36 bits per heavy atom. The first kappa shape index (κ1) is 22.0. The molecule has 1 N–H and O–H groups in total. The molecular formula is C23H22F2N4O2S2. The van der Waals surface area contributed by atoms with Crippen molar-refractivity contribution in [3.05, 3.63) is 59.8 Å². The van der Waals surface area contributed by atoms with Gasteiger partial charge in [0.05, 0.1) is 15.4 Å². The average Bonchev–Trinajstić information content (AvgIpc) is 3.39. The van der Waals surface area contributed by atoms with Gasteiger partial charge in [0.25, 0.3) is 0 Å². The van der Waals surface area contributed by atoms with Crippen molar-refractivity contribution < 1.29 is 17.8 Å². The van der Waals surface area contributed by atoms with Gasteiger partial charge in [-0.1, -0.05) is 23.5 Å². The number of carbonyl (C=O) groups is 1. The van der Waals surface area contributed by atoms with Crippen LogP contribution in [-0.4, -0.2) is 34.6 Å². The van der Waals surface area contributed by atoms with Crippen LogP contribution in [-0.2, 0) is 9.73 Å². The number of aryl methyl sites for hydroxylation is 1. The van der Waals surface area contributed by atoms with Crippen LogP contribution in [0.3, 0.4) is 0 Å². The van der Waals surface area contributed by atoms with E-state index in [4.69, 9.17) is 4.78 Å². The van der Waals surface area contributed by atoms with Crippen LogP contribution in [0, 0.1) is 28.8 Å². The fraction of sp³-hybridized carbons (Fsp3) is 0.304. The topological polar surface area (TPSA) is 77.4 Å². The van der Waals surface area contributed by atoms with Gasteiger partial charge < -0.3 is 0 Å². The second-order valence-corrected chi connectivity index (χ2v) is 12.2. The number of anilines is 2. The van der Waals surface area contributed by atoms with Gasteiger partial charge in [-0.3, -0.25) is 9.80 Å². The molecule has 0 radical (unpaired) electrons. The van der Waals surface area contributed by atoms with E-state index in [1.165, 1.54) is 6.26 Å². The lowest BCUT2D eigenvalue weighted by Gasteiger charge is -2.39. The number of hydrogen-bond acceptors (Lipinski definition) is 5. The number of nitrogens with zero attached hydrogens (tertiary/aromatic N) is 3. The summed E-state index contributed by atoms with van der Waals surface area (Å²) in [4.78, 5) is 21.2. The zero-order valence-corrected chi connectivity index (χ0v) is 19.7. The maximum Gasteiger partial charge on any atom is 0.330 e. The van der Waals surface area contributed by atoms with Gasteiger partial charge in [-0.25, -0.2) is 27.5 Å². The molecule has 2 aromatic carbocycles. The Morgan fingerprint density at radius 2 is 1.76 bits per heavy atom. The summed E-state index contributed by atoms with van der Waals surface area (Å²) in [5.41, 5.74) is 1.82. The molecule has 6 nitrogen and oxygen atoms in total. The third-order valence-corrected chi connectivity index (χ3v) is 9.33. The first-order chi connectivity index (χ1) is 15.6. The molecule has 1 saturated carbocycles. The normalized spacial score (nSPS) is 19.1. The predicted octanol–water partition coefficient (Wildman–Crippen LogP) is 5.66. The molecule has 2 amide bonds. The van der Waals surface area contributed by atoms with E-state index in [2.05, 4.69) is 4.98 Å². The predicted molar refractivity (Wildman–Crippen MR) is 125 cm³/mol. The van der Waals surface area contributed by atoms with Crippen LogP contribution in [0.5, 0.6) is 0 Å². The van der Waals surface area contributed by atoms with Crippen molar-refractivity contribution in [1.29, 1.82) is 4.78 Å². The van der Waals surface area contributed by atoms with E-state index < -0.39 is 21.4 Å². The van der Waals surface area contributed by atoms with Crippen LogP contribution in [0.1, 0.15) is 18.5 Å². The Bertz CT molecular complexity index is 1370. The fourth-order valence-electron chi connectivity index (χ4n) is 4.23. The minimum absolute atomic E-state index is 0.0322. The zero-order chi connectivity index (χ0) is 23.5. The van der Waals surface area contributed by atoms with E-state index in [1.54, 1.807) is 41.0 Å². The summed E-state index contributed by atoms with van der Waals surface area (Å²) in [6.07, 6.45) is 3.33. The SMILES string of the molecule is Cc1nc(N2CC3(CC3)CN(c3ccc(-c4cc(F)ccc4F)cc3)C2=O)sc1S(C)(=N)=O. The molecular weight excluding hydrogens is 466 g/mol. The molecule has 1 aromatic heterocycles. The van der Waals surface area contributed by atoms with Gasteiger partial charge in [0.15, 0.2) is 5.13 Å². The van der Waals surface area contributed by atoms with Gasteiger partial charge >= 0.3 is 6.03 Å². The lowest BCUT2D eigenvalue weighted by molar-refractivity contribution is 0.243. The summed E-state index contributed by atoms with van der Waals surface area (Å²) in [6.45, 7) is 2.80. The summed E-state index contributed by atoms with van der Waals surface area (Å²) in [5.74, 6) is -1.03. The second kappa shape index (κ2) is 7.59. The number of hydrogen-bond donors (Lipinski definition) is 1. The number of urea groups is 1. The van der Waals surface area contributed by atoms with Gasteiger partial charge in [0.2, 0.25) is 0 Å². The van der Waals surface area contributed by atoms with Crippen LogP contribution < -0.4 is 9.80 Å². The van der Waals surface area contributed by atoms with E-state index in [1.807, 2.05) is 0 Å². The largest absolute Gasteiger partial charge is 0.330 e. The number of carbonyl (C=O) groups excluding carboxylic acids is 1. The van der Waals surface area contributed by atoms with Crippen molar-refractivity contribution in [2.24, 2.45) is 5.41 Å². The van der Waals surface area contributed by atoms with Crippen molar-refractivity contribution in [2.45, 2.75) is 24.0 Å². The van der Waals surface area contributed by atoms with E-state index >= 15 is 0 Å². The molecule has 2 aliphatic rings. The van der Waals surface area contributed by atoms with Gasteiger partial charge in [0.1, 0.15) is 15.8 Å². The summed E-state index contributed by atoms with van der Waals surface area (Å²) in [6, 6.07) is 9.90. The number of halogens is 2. The van der Waals surface area contributed by atoms with Crippen molar-refractivity contribution in [3.63, 3.8) is 0 Å². The molecule has 1 aliphatic carbocycles. The molecule has 2 fully saturated rings. The molecule has 10 heteroatoms. The molecule has 2 heterocycles. The number of benzene rings is 2. The van der Waals surface area contributed by atoms with E-state index in [9.17, 15) is 17.8 Å². The van der Waals surface area contributed by atoms with Crippen LogP contribution in [0.2, 0.25) is 0 Å². The molecule has 5 rings (SSSR count). The lowest BCUT2D eigenvalue weighted by Crippen LogP contribution is -2.55. The third-order valence-electron chi connectivity index (χ3n) is 6.15. The number of amides is 2. The standard InChI is InChI=1S/C23H22F2N4O2S2/c1-14-20(33(2,26)31)32-21(27-14)29-13-23(9-10-23)12-28(22(29)30)17-6-3-15(4-7-17)18-11-16(24)5-8-19(18)25/h3-8,11,26H,9-10,12-13H2,1-2H3. The maximum absolute atomic E-state index is 14.2. The Morgan fingerprint density at radius 1 is 1.09 bits per heavy atom. The number of rotatable bonds is 4. The zero-order valence-electron chi connectivity index (χ0n) is 18.1. The average molecular weight is 489 g/mol. The highest BCUT2D eigenvalue weighted by atomic mass is 32.2. The summed E-state index contributed by atoms with van der Waals surface area (Å²) in [5, 5.41) is 0.448. The summed E-state index contributed by atoms with van der Waals surface area (Å²) >= 11 is 1.13. The van der Waals surface area contributed by atoms with Gasteiger partial charge in [-0.05, 0) is 55.7 Å². The Balaban J connectivity index is 1.48. The van der Waals surface area contributed by atoms with Crippen molar-refractivity contribution in [2.75, 3.05) is 29.1 Å². The molecule has 1 atom stereocenters. The van der Waals surface area contributed by atoms with Crippen LogP contribution >= 0.6 is 11.3 Å². The molecule has 1 unspecified atom stereocenters. The first-order valence-corrected chi connectivity index (χ1v) is 13.2. The molecule has 1 saturated heterocycles. The minimum Gasteiger partial charge on any atom is -0.293 e. The van der Waals surface area contributed by atoms with Crippen LogP contribution in [0.15, 0.2) is 46.7 Å². The Kier molecular flexibility index (Phi) is 5.06. The highest BCUT2D eigenvalue weighted by molar-refractivity contribution is 7.93. The first-order valence-electron chi connectivity index (χ1n) is 10.4. The summed E-state index contributed by atoms with van der Waals surface area (Å²) < 4.78 is 48.3. The highest BCUT2D eigenvalue weighted by Gasteiger charge is 2.52. The van der Waals surface area contributed by atoms with Gasteiger partial charge in [-0.15, -0.1) is 0 Å². The van der Waals surface area contributed by atoms with E-state index in [-0.39, 0.29) is 17.0 Å². The fourth-order valence-corrected chi connectivity index (χ4v) is 6.49. The minimum atomic E-state index is -2.94. The number of aromatic nitrogens is 1. The summed E-state index contributed by atoms with van der Waals surface area (Å²) in [7, 11) is -2.94. The quantitative estimate of drug-likeness (QED) is 0.515. The molecule has 1 aliphatic heterocycles. The molecule has 0 bridgehead atoms. The lowest BCUT2D eigenvalue weighted by atomic mass is 10.0. The molecule has 3 aromatic rings.